The van der Waals surface area contributed by atoms with Gasteiger partial charge in [-0.2, -0.15) is 17.0 Å². The van der Waals surface area contributed by atoms with Crippen LogP contribution in [0.2, 0.25) is 0 Å². The van der Waals surface area contributed by atoms with E-state index in [1.165, 1.54) is 0 Å². The van der Waals surface area contributed by atoms with Crippen LogP contribution in [0.15, 0.2) is 0 Å². The second kappa shape index (κ2) is 6.94. The van der Waals surface area contributed by atoms with E-state index in [1.54, 1.807) is 15.7 Å². The summed E-state index contributed by atoms with van der Waals surface area (Å²) in [5.74, 6) is 1.08. The number of ether oxygens (including phenoxy) is 1. The fourth-order valence-electron chi connectivity index (χ4n) is 2.83. The molecule has 21 heavy (non-hydrogen) atoms. The number of piperidine rings is 1. The number of hydrogen-bond acceptors (Lipinski definition) is 3. The van der Waals surface area contributed by atoms with E-state index in [1.807, 2.05) is 6.92 Å². The van der Waals surface area contributed by atoms with Gasteiger partial charge in [-0.25, -0.2) is 0 Å². The van der Waals surface area contributed by atoms with Crippen LogP contribution in [0.5, 0.6) is 0 Å². The average molecular weight is 318 g/mol. The van der Waals surface area contributed by atoms with Crippen LogP contribution in [0.3, 0.4) is 0 Å². The zero-order chi connectivity index (χ0) is 15.6. The third-order valence-electron chi connectivity index (χ3n) is 4.63. The van der Waals surface area contributed by atoms with Gasteiger partial charge >= 0.3 is 0 Å². The van der Waals surface area contributed by atoms with E-state index in [4.69, 9.17) is 4.74 Å². The first-order valence-corrected chi connectivity index (χ1v) is 9.56. The Hall–Kier alpha value is -0.170. The summed E-state index contributed by atoms with van der Waals surface area (Å²) in [6, 6.07) is 0.116. The standard InChI is InChI=1S/C15H30N2O3S/c1-12(2)11-20-15-7-9-17(10-8-15)21(18,19)16(4)13(3)14-5-6-14/h12-15H,5-11H2,1-4H3/t13-/m0/s1. The van der Waals surface area contributed by atoms with Gasteiger partial charge in [-0.1, -0.05) is 13.8 Å². The Balaban J connectivity index is 1.85. The van der Waals surface area contributed by atoms with Gasteiger partial charge in [-0.05, 0) is 44.4 Å². The molecule has 1 atom stereocenters. The number of nitrogens with zero attached hydrogens (tertiary/aromatic N) is 2. The summed E-state index contributed by atoms with van der Waals surface area (Å²) in [4.78, 5) is 0. The van der Waals surface area contributed by atoms with E-state index < -0.39 is 10.2 Å². The molecule has 0 amide bonds. The first-order chi connectivity index (χ1) is 9.82. The lowest BCUT2D eigenvalue weighted by Crippen LogP contribution is -2.49. The Morgan fingerprint density at radius 2 is 1.71 bits per heavy atom. The second-order valence-corrected chi connectivity index (χ2v) is 8.92. The summed E-state index contributed by atoms with van der Waals surface area (Å²) < 4.78 is 34.3. The Kier molecular flexibility index (Phi) is 5.68. The van der Waals surface area contributed by atoms with Crippen LogP contribution in [0.4, 0.5) is 0 Å². The molecule has 2 fully saturated rings. The van der Waals surface area contributed by atoms with Crippen molar-refractivity contribution < 1.29 is 13.2 Å². The molecule has 0 aromatic rings. The van der Waals surface area contributed by atoms with Crippen molar-refractivity contribution in [2.45, 2.75) is 58.6 Å². The van der Waals surface area contributed by atoms with Crippen LogP contribution in [0.1, 0.15) is 46.5 Å². The molecule has 0 aromatic carbocycles. The Labute approximate surface area is 129 Å². The molecule has 2 rings (SSSR count). The lowest BCUT2D eigenvalue weighted by molar-refractivity contribution is 0.00672. The molecule has 1 saturated heterocycles. The van der Waals surface area contributed by atoms with Crippen molar-refractivity contribution in [2.75, 3.05) is 26.7 Å². The van der Waals surface area contributed by atoms with Crippen molar-refractivity contribution in [2.24, 2.45) is 11.8 Å². The highest BCUT2D eigenvalue weighted by atomic mass is 32.2. The van der Waals surface area contributed by atoms with Gasteiger partial charge in [-0.3, -0.25) is 0 Å². The van der Waals surface area contributed by atoms with Crippen molar-refractivity contribution in [1.82, 2.24) is 8.61 Å². The van der Waals surface area contributed by atoms with Crippen LogP contribution in [-0.2, 0) is 14.9 Å². The molecule has 1 heterocycles. The highest BCUT2D eigenvalue weighted by molar-refractivity contribution is 7.86. The third-order valence-corrected chi connectivity index (χ3v) is 6.71. The normalized spacial score (nSPS) is 23.9. The van der Waals surface area contributed by atoms with E-state index in [0.29, 0.717) is 24.9 Å². The SMILES string of the molecule is CC(C)COC1CCN(S(=O)(=O)N(C)[C@@H](C)C2CC2)CC1. The lowest BCUT2D eigenvalue weighted by Gasteiger charge is -2.35. The van der Waals surface area contributed by atoms with Crippen LogP contribution in [0.25, 0.3) is 0 Å². The quantitative estimate of drug-likeness (QED) is 0.722. The molecular weight excluding hydrogens is 288 g/mol. The molecule has 2 aliphatic rings. The van der Waals surface area contributed by atoms with E-state index in [0.717, 1.165) is 32.3 Å². The minimum absolute atomic E-state index is 0.116. The van der Waals surface area contributed by atoms with Crippen molar-refractivity contribution in [1.29, 1.82) is 0 Å². The van der Waals surface area contributed by atoms with Crippen molar-refractivity contribution >= 4 is 10.2 Å². The van der Waals surface area contributed by atoms with E-state index in [-0.39, 0.29) is 12.1 Å². The van der Waals surface area contributed by atoms with Gasteiger partial charge in [0.2, 0.25) is 0 Å². The molecule has 0 unspecified atom stereocenters. The molecule has 0 N–H and O–H groups in total. The number of rotatable bonds is 7. The monoisotopic (exact) mass is 318 g/mol. The smallest absolute Gasteiger partial charge is 0.281 e. The largest absolute Gasteiger partial charge is 0.378 e. The summed E-state index contributed by atoms with van der Waals surface area (Å²) in [7, 11) is -1.59. The zero-order valence-electron chi connectivity index (χ0n) is 13.8. The molecule has 0 radical (unpaired) electrons. The molecule has 0 spiro atoms. The van der Waals surface area contributed by atoms with E-state index in [2.05, 4.69) is 13.8 Å². The maximum atomic E-state index is 12.6. The fourth-order valence-corrected chi connectivity index (χ4v) is 4.45. The Morgan fingerprint density at radius 1 is 1.14 bits per heavy atom. The fraction of sp³-hybridized carbons (Fsp3) is 1.00. The zero-order valence-corrected chi connectivity index (χ0v) is 14.6. The van der Waals surface area contributed by atoms with Crippen LogP contribution in [-0.4, -0.2) is 55.9 Å². The predicted molar refractivity (Wildman–Crippen MR) is 84.3 cm³/mol. The molecular formula is C15H30N2O3S. The third kappa shape index (κ3) is 4.41. The summed E-state index contributed by atoms with van der Waals surface area (Å²) >= 11 is 0. The van der Waals surface area contributed by atoms with Crippen molar-refractivity contribution in [3.63, 3.8) is 0 Å². The predicted octanol–water partition coefficient (Wildman–Crippen LogP) is 2.10. The summed E-state index contributed by atoms with van der Waals surface area (Å²) in [5, 5.41) is 0. The maximum absolute atomic E-state index is 12.6. The van der Waals surface area contributed by atoms with Crippen LogP contribution >= 0.6 is 0 Å². The van der Waals surface area contributed by atoms with E-state index in [9.17, 15) is 8.42 Å². The summed E-state index contributed by atoms with van der Waals surface area (Å²) in [6.07, 6.45) is 4.14. The van der Waals surface area contributed by atoms with Gasteiger partial charge in [0.1, 0.15) is 0 Å². The minimum Gasteiger partial charge on any atom is -0.378 e. The molecule has 1 saturated carbocycles. The molecule has 124 valence electrons. The second-order valence-electron chi connectivity index (χ2n) is 6.93. The Morgan fingerprint density at radius 3 is 2.19 bits per heavy atom. The van der Waals surface area contributed by atoms with E-state index >= 15 is 0 Å². The minimum atomic E-state index is -3.31. The molecule has 0 aromatic heterocycles. The van der Waals surface area contributed by atoms with Gasteiger partial charge < -0.3 is 4.74 Å². The van der Waals surface area contributed by atoms with Gasteiger partial charge in [-0.15, -0.1) is 0 Å². The first-order valence-electron chi connectivity index (χ1n) is 8.17. The van der Waals surface area contributed by atoms with Crippen molar-refractivity contribution in [3.8, 4) is 0 Å². The molecule has 6 heteroatoms. The van der Waals surface area contributed by atoms with Crippen LogP contribution in [0, 0.1) is 11.8 Å². The highest BCUT2D eigenvalue weighted by Gasteiger charge is 2.39. The summed E-state index contributed by atoms with van der Waals surface area (Å²) in [5.41, 5.74) is 0. The number of hydrogen-bond donors (Lipinski definition) is 0. The molecule has 0 bridgehead atoms. The molecule has 1 aliphatic heterocycles. The molecule has 5 nitrogen and oxygen atoms in total. The first kappa shape index (κ1) is 17.2. The summed E-state index contributed by atoms with van der Waals surface area (Å²) in [6.45, 7) is 8.20. The van der Waals surface area contributed by atoms with Gasteiger partial charge in [0.25, 0.3) is 10.2 Å². The molecule has 1 aliphatic carbocycles. The van der Waals surface area contributed by atoms with Gasteiger partial charge in [0.15, 0.2) is 0 Å². The van der Waals surface area contributed by atoms with Crippen molar-refractivity contribution in [3.05, 3.63) is 0 Å². The van der Waals surface area contributed by atoms with Gasteiger partial charge in [0.05, 0.1) is 6.10 Å². The lowest BCUT2D eigenvalue weighted by atomic mass is 10.1. The van der Waals surface area contributed by atoms with Crippen LogP contribution < -0.4 is 0 Å². The maximum Gasteiger partial charge on any atom is 0.281 e. The Bertz CT molecular complexity index is 426. The topological polar surface area (TPSA) is 49.9 Å². The highest BCUT2D eigenvalue weighted by Crippen LogP contribution is 2.36. The van der Waals surface area contributed by atoms with Gasteiger partial charge in [0, 0.05) is 32.8 Å². The average Bonchev–Trinajstić information content (AvgIpc) is 3.28.